The normalized spacial score (nSPS) is 22.5. The van der Waals surface area contributed by atoms with Crippen LogP contribution in [-0.4, -0.2) is 34.5 Å². The van der Waals surface area contributed by atoms with Gasteiger partial charge in [0.2, 0.25) is 0 Å². The fourth-order valence-electron chi connectivity index (χ4n) is 3.27. The summed E-state index contributed by atoms with van der Waals surface area (Å²) in [5.74, 6) is 0. The molecule has 1 saturated heterocycles. The first-order valence-corrected chi connectivity index (χ1v) is 8.75. The second-order valence-corrected chi connectivity index (χ2v) is 7.91. The fraction of sp³-hybridized carbons (Fsp3) is 0.600. The van der Waals surface area contributed by atoms with E-state index < -0.39 is 11.3 Å². The Morgan fingerprint density at radius 3 is 2.52 bits per heavy atom. The van der Waals surface area contributed by atoms with Gasteiger partial charge in [0.1, 0.15) is 11.3 Å². The van der Waals surface area contributed by atoms with Crippen molar-refractivity contribution >= 4 is 6.09 Å². The van der Waals surface area contributed by atoms with Crippen LogP contribution < -0.4 is 0 Å². The summed E-state index contributed by atoms with van der Waals surface area (Å²) in [5, 5.41) is 8.95. The highest BCUT2D eigenvalue weighted by Crippen LogP contribution is 2.37. The molecule has 1 aromatic carbocycles. The molecular formula is C20H28N2O3. The molecule has 2 atom stereocenters. The average molecular weight is 344 g/mol. The topological polar surface area (TPSA) is 62.6 Å². The van der Waals surface area contributed by atoms with Crippen LogP contribution in [0.1, 0.15) is 53.0 Å². The van der Waals surface area contributed by atoms with Crippen LogP contribution in [0.3, 0.4) is 0 Å². The lowest BCUT2D eigenvalue weighted by Crippen LogP contribution is -2.51. The van der Waals surface area contributed by atoms with E-state index in [1.165, 1.54) is 0 Å². The van der Waals surface area contributed by atoms with E-state index in [2.05, 4.69) is 6.07 Å². The Morgan fingerprint density at radius 2 is 1.96 bits per heavy atom. The summed E-state index contributed by atoms with van der Waals surface area (Å²) in [6, 6.07) is 12.0. The van der Waals surface area contributed by atoms with Crippen LogP contribution in [0.25, 0.3) is 0 Å². The van der Waals surface area contributed by atoms with Gasteiger partial charge in [0.15, 0.2) is 0 Å². The molecule has 1 aliphatic rings. The molecule has 0 N–H and O–H groups in total. The Labute approximate surface area is 150 Å². The fourth-order valence-corrected chi connectivity index (χ4v) is 3.27. The Balaban J connectivity index is 2.30. The standard InChI is InChI=1S/C20H28N2O3/c1-19(2,3)25-18(23)22-16(14-15-10-7-6-8-11-15)17(12-9-13-21)24-20(22,4)5/h6-8,10-11,16-17H,9,12,14H2,1-5H3/t16?,17-/m0/s1. The minimum Gasteiger partial charge on any atom is -0.444 e. The molecule has 0 radical (unpaired) electrons. The second-order valence-electron chi connectivity index (χ2n) is 7.91. The summed E-state index contributed by atoms with van der Waals surface area (Å²) >= 11 is 0. The second kappa shape index (κ2) is 7.45. The van der Waals surface area contributed by atoms with Crippen LogP contribution in [-0.2, 0) is 15.9 Å². The number of carbonyl (C=O) groups is 1. The lowest BCUT2D eigenvalue weighted by Gasteiger charge is -2.35. The monoisotopic (exact) mass is 344 g/mol. The van der Waals surface area contributed by atoms with E-state index in [1.54, 1.807) is 4.90 Å². The van der Waals surface area contributed by atoms with Gasteiger partial charge in [-0.05, 0) is 53.0 Å². The Morgan fingerprint density at radius 1 is 1.32 bits per heavy atom. The molecule has 1 heterocycles. The van der Waals surface area contributed by atoms with E-state index in [0.29, 0.717) is 19.3 Å². The van der Waals surface area contributed by atoms with E-state index in [9.17, 15) is 4.79 Å². The van der Waals surface area contributed by atoms with Crippen LogP contribution in [0.15, 0.2) is 30.3 Å². The van der Waals surface area contributed by atoms with Crippen LogP contribution in [0, 0.1) is 11.3 Å². The lowest BCUT2D eigenvalue weighted by atomic mass is 9.97. The summed E-state index contributed by atoms with van der Waals surface area (Å²) < 4.78 is 11.8. The molecule has 1 unspecified atom stereocenters. The maximum Gasteiger partial charge on any atom is 0.412 e. The third kappa shape index (κ3) is 4.96. The molecule has 1 aromatic rings. The van der Waals surface area contributed by atoms with Crippen molar-refractivity contribution < 1.29 is 14.3 Å². The number of amides is 1. The van der Waals surface area contributed by atoms with Gasteiger partial charge < -0.3 is 9.47 Å². The number of benzene rings is 1. The summed E-state index contributed by atoms with van der Waals surface area (Å²) in [7, 11) is 0. The predicted molar refractivity (Wildman–Crippen MR) is 95.8 cm³/mol. The summed E-state index contributed by atoms with van der Waals surface area (Å²) in [5.41, 5.74) is -0.221. The minimum absolute atomic E-state index is 0.166. The van der Waals surface area contributed by atoms with Gasteiger partial charge in [-0.25, -0.2) is 4.79 Å². The molecule has 25 heavy (non-hydrogen) atoms. The number of nitriles is 1. The van der Waals surface area contributed by atoms with Crippen molar-refractivity contribution in [3.63, 3.8) is 0 Å². The van der Waals surface area contributed by atoms with E-state index >= 15 is 0 Å². The molecule has 0 bridgehead atoms. The van der Waals surface area contributed by atoms with Crippen LogP contribution in [0.2, 0.25) is 0 Å². The van der Waals surface area contributed by atoms with E-state index in [0.717, 1.165) is 5.56 Å². The first-order valence-electron chi connectivity index (χ1n) is 8.75. The molecule has 1 fully saturated rings. The number of ether oxygens (including phenoxy) is 2. The molecule has 2 rings (SSSR count). The Hall–Kier alpha value is -2.06. The lowest BCUT2D eigenvalue weighted by molar-refractivity contribution is -0.0795. The van der Waals surface area contributed by atoms with Gasteiger partial charge in [0.25, 0.3) is 0 Å². The van der Waals surface area contributed by atoms with Crippen LogP contribution in [0.5, 0.6) is 0 Å². The van der Waals surface area contributed by atoms with Crippen molar-refractivity contribution in [1.29, 1.82) is 5.26 Å². The van der Waals surface area contributed by atoms with Crippen molar-refractivity contribution in [3.05, 3.63) is 35.9 Å². The third-order valence-electron chi connectivity index (χ3n) is 4.20. The van der Waals surface area contributed by atoms with Gasteiger partial charge in [-0.3, -0.25) is 4.90 Å². The summed E-state index contributed by atoms with van der Waals surface area (Å²) in [6.45, 7) is 9.32. The summed E-state index contributed by atoms with van der Waals surface area (Å²) in [6.07, 6.45) is 1.09. The number of rotatable bonds is 4. The molecule has 1 amide bonds. The van der Waals surface area contributed by atoms with E-state index in [4.69, 9.17) is 14.7 Å². The van der Waals surface area contributed by atoms with Crippen molar-refractivity contribution in [2.24, 2.45) is 0 Å². The molecule has 5 nitrogen and oxygen atoms in total. The first kappa shape index (κ1) is 19.3. The first-order chi connectivity index (χ1) is 11.6. The van der Waals surface area contributed by atoms with Crippen molar-refractivity contribution in [2.45, 2.75) is 77.4 Å². The largest absolute Gasteiger partial charge is 0.444 e. The molecule has 136 valence electrons. The molecule has 5 heteroatoms. The molecule has 0 saturated carbocycles. The molecule has 0 aromatic heterocycles. The zero-order valence-electron chi connectivity index (χ0n) is 15.8. The number of hydrogen-bond donors (Lipinski definition) is 0. The number of hydrogen-bond acceptors (Lipinski definition) is 4. The SMILES string of the molecule is CC(C)(C)OC(=O)N1C(Cc2ccccc2)[C@H](CCC#N)OC1(C)C. The Bertz CT molecular complexity index is 629. The third-order valence-corrected chi connectivity index (χ3v) is 4.20. The van der Waals surface area contributed by atoms with Crippen molar-refractivity contribution in [3.8, 4) is 6.07 Å². The van der Waals surface area contributed by atoms with E-state index in [-0.39, 0.29) is 18.2 Å². The summed E-state index contributed by atoms with van der Waals surface area (Å²) in [4.78, 5) is 14.6. The minimum atomic E-state index is -0.776. The highest BCUT2D eigenvalue weighted by atomic mass is 16.6. The predicted octanol–water partition coefficient (Wildman–Crippen LogP) is 4.27. The quantitative estimate of drug-likeness (QED) is 0.818. The van der Waals surface area contributed by atoms with Crippen LogP contribution in [0.4, 0.5) is 4.79 Å². The van der Waals surface area contributed by atoms with Gasteiger partial charge in [0.05, 0.1) is 18.2 Å². The van der Waals surface area contributed by atoms with Crippen molar-refractivity contribution in [2.75, 3.05) is 0 Å². The highest BCUT2D eigenvalue weighted by molar-refractivity contribution is 5.70. The van der Waals surface area contributed by atoms with Gasteiger partial charge >= 0.3 is 6.09 Å². The number of carbonyl (C=O) groups excluding carboxylic acids is 1. The number of nitrogens with zero attached hydrogens (tertiary/aromatic N) is 2. The van der Waals surface area contributed by atoms with E-state index in [1.807, 2.05) is 65.0 Å². The maximum atomic E-state index is 12.9. The van der Waals surface area contributed by atoms with Crippen molar-refractivity contribution in [1.82, 2.24) is 4.90 Å². The van der Waals surface area contributed by atoms with Gasteiger partial charge in [-0.2, -0.15) is 5.26 Å². The van der Waals surface area contributed by atoms with Crippen LogP contribution >= 0.6 is 0 Å². The molecule has 0 aliphatic carbocycles. The smallest absolute Gasteiger partial charge is 0.412 e. The molecule has 1 aliphatic heterocycles. The zero-order valence-corrected chi connectivity index (χ0v) is 15.8. The molecular weight excluding hydrogens is 316 g/mol. The Kier molecular flexibility index (Phi) is 5.74. The maximum absolute atomic E-state index is 12.9. The highest BCUT2D eigenvalue weighted by Gasteiger charge is 2.50. The average Bonchev–Trinajstić information content (AvgIpc) is 2.74. The molecule has 0 spiro atoms. The van der Waals surface area contributed by atoms with Gasteiger partial charge in [0, 0.05) is 6.42 Å². The van der Waals surface area contributed by atoms with Gasteiger partial charge in [-0.15, -0.1) is 0 Å². The zero-order chi connectivity index (χ0) is 18.7. The van der Waals surface area contributed by atoms with Gasteiger partial charge in [-0.1, -0.05) is 30.3 Å².